The summed E-state index contributed by atoms with van der Waals surface area (Å²) in [4.78, 5) is 17.4. The molecule has 0 aromatic carbocycles. The van der Waals surface area contributed by atoms with Crippen LogP contribution in [0.25, 0.3) is 0 Å². The summed E-state index contributed by atoms with van der Waals surface area (Å²) in [6, 6.07) is 0. The molecule has 1 aromatic rings. The summed E-state index contributed by atoms with van der Waals surface area (Å²) in [5, 5.41) is 2.50. The monoisotopic (exact) mass is 166 g/mol. The number of rotatable bonds is 2. The fraction of sp³-hybridized carbons (Fsp3) is 0.429. The van der Waals surface area contributed by atoms with Crippen LogP contribution in [0.3, 0.4) is 0 Å². The van der Waals surface area contributed by atoms with Crippen LogP contribution in [0.2, 0.25) is 0 Å². The van der Waals surface area contributed by atoms with Crippen molar-refractivity contribution in [2.75, 3.05) is 0 Å². The second kappa shape index (κ2) is 2.57. The van der Waals surface area contributed by atoms with Crippen LogP contribution in [-0.2, 0) is 4.79 Å². The molecule has 2 rings (SSSR count). The summed E-state index contributed by atoms with van der Waals surface area (Å²) in [6.07, 6.45) is 3.94. The molecule has 1 fully saturated rings. The van der Waals surface area contributed by atoms with E-state index in [4.69, 9.17) is 0 Å². The van der Waals surface area contributed by atoms with E-state index in [9.17, 15) is 4.79 Å². The third-order valence-electron chi connectivity index (χ3n) is 1.65. The van der Waals surface area contributed by atoms with Gasteiger partial charge in [0.25, 0.3) is 0 Å². The van der Waals surface area contributed by atoms with E-state index in [-0.39, 0.29) is 0 Å². The van der Waals surface area contributed by atoms with Gasteiger partial charge in [-0.25, -0.2) is 9.78 Å². The van der Waals surface area contributed by atoms with Gasteiger partial charge in [-0.3, -0.25) is 0 Å². The van der Waals surface area contributed by atoms with Gasteiger partial charge in [0.1, 0.15) is 0 Å². The van der Waals surface area contributed by atoms with Gasteiger partial charge in [0, 0.05) is 11.3 Å². The molecule has 0 saturated heterocycles. The van der Waals surface area contributed by atoms with Gasteiger partial charge in [-0.05, 0) is 12.8 Å². The molecule has 0 unspecified atom stereocenters. The maximum absolute atomic E-state index is 9.84. The Balaban J connectivity index is 2.24. The van der Waals surface area contributed by atoms with E-state index in [2.05, 4.69) is 9.98 Å². The highest BCUT2D eigenvalue weighted by Crippen LogP contribution is 2.41. The maximum Gasteiger partial charge on any atom is 0.242 e. The van der Waals surface area contributed by atoms with E-state index < -0.39 is 0 Å². The Kier molecular flexibility index (Phi) is 1.56. The van der Waals surface area contributed by atoms with Crippen molar-refractivity contribution in [2.24, 2.45) is 4.99 Å². The van der Waals surface area contributed by atoms with E-state index >= 15 is 0 Å². The van der Waals surface area contributed by atoms with Gasteiger partial charge in [0.2, 0.25) is 11.2 Å². The maximum atomic E-state index is 9.84. The van der Waals surface area contributed by atoms with Crippen LogP contribution in [0, 0.1) is 0 Å². The average Bonchev–Trinajstić information content (AvgIpc) is 2.75. The van der Waals surface area contributed by atoms with E-state index in [1.807, 2.05) is 5.38 Å². The first kappa shape index (κ1) is 6.70. The van der Waals surface area contributed by atoms with Gasteiger partial charge in [0.15, 0.2) is 0 Å². The molecule has 0 amide bonds. The molecule has 0 atom stereocenters. The lowest BCUT2D eigenvalue weighted by molar-refractivity contribution is 0.565. The third kappa shape index (κ3) is 1.37. The minimum Gasteiger partial charge on any atom is -0.222 e. The Morgan fingerprint density at radius 2 is 2.55 bits per heavy atom. The number of aromatic nitrogens is 1. The number of isocyanates is 1. The normalized spacial score (nSPS) is 16.0. The van der Waals surface area contributed by atoms with Crippen LogP contribution in [0.15, 0.2) is 10.4 Å². The van der Waals surface area contributed by atoms with Gasteiger partial charge in [-0.2, -0.15) is 0 Å². The molecule has 0 N–H and O–H groups in total. The van der Waals surface area contributed by atoms with Crippen molar-refractivity contribution in [2.45, 2.75) is 18.8 Å². The molecular weight excluding hydrogens is 160 g/mol. The van der Waals surface area contributed by atoms with Gasteiger partial charge >= 0.3 is 0 Å². The quantitative estimate of drug-likeness (QED) is 0.498. The number of carbonyl (C=O) groups excluding carboxylic acids is 1. The summed E-state index contributed by atoms with van der Waals surface area (Å²) in [7, 11) is 0. The zero-order valence-corrected chi connectivity index (χ0v) is 6.60. The lowest BCUT2D eigenvalue weighted by Gasteiger charge is -1.82. The number of hydrogen-bond acceptors (Lipinski definition) is 4. The topological polar surface area (TPSA) is 42.3 Å². The van der Waals surface area contributed by atoms with Crippen molar-refractivity contribution in [3.63, 3.8) is 0 Å². The summed E-state index contributed by atoms with van der Waals surface area (Å²) in [5.41, 5.74) is 1.09. The predicted molar refractivity (Wildman–Crippen MR) is 41.9 cm³/mol. The number of thiazole rings is 1. The molecule has 0 bridgehead atoms. The standard InChI is InChI=1S/C7H6N2OS/c10-4-8-7-9-6(3-11-7)5-1-2-5/h3,5H,1-2H2. The van der Waals surface area contributed by atoms with Gasteiger partial charge in [-0.1, -0.05) is 0 Å². The van der Waals surface area contributed by atoms with Crippen LogP contribution < -0.4 is 0 Å². The van der Waals surface area contributed by atoms with Crippen molar-refractivity contribution >= 4 is 22.5 Å². The van der Waals surface area contributed by atoms with Crippen LogP contribution in [0.5, 0.6) is 0 Å². The molecule has 1 aliphatic carbocycles. The molecule has 0 radical (unpaired) electrons. The molecule has 3 nitrogen and oxygen atoms in total. The first-order chi connectivity index (χ1) is 5.40. The van der Waals surface area contributed by atoms with E-state index in [1.54, 1.807) is 0 Å². The van der Waals surface area contributed by atoms with Crippen LogP contribution in [0.4, 0.5) is 5.13 Å². The van der Waals surface area contributed by atoms with Gasteiger partial charge in [-0.15, -0.1) is 16.3 Å². The smallest absolute Gasteiger partial charge is 0.222 e. The molecule has 4 heteroatoms. The Morgan fingerprint density at radius 1 is 1.73 bits per heavy atom. The largest absolute Gasteiger partial charge is 0.242 e. The lowest BCUT2D eigenvalue weighted by atomic mass is 10.3. The summed E-state index contributed by atoms with van der Waals surface area (Å²) in [5.74, 6) is 0.641. The molecule has 11 heavy (non-hydrogen) atoms. The molecule has 1 aromatic heterocycles. The third-order valence-corrected chi connectivity index (χ3v) is 2.40. The summed E-state index contributed by atoms with van der Waals surface area (Å²) >= 11 is 1.40. The van der Waals surface area contributed by atoms with Crippen LogP contribution in [-0.4, -0.2) is 11.1 Å². The lowest BCUT2D eigenvalue weighted by Crippen LogP contribution is -1.74. The second-order valence-electron chi connectivity index (χ2n) is 2.53. The fourth-order valence-electron chi connectivity index (χ4n) is 0.933. The van der Waals surface area contributed by atoms with Crippen LogP contribution in [0.1, 0.15) is 24.5 Å². The average molecular weight is 166 g/mol. The Morgan fingerprint density at radius 3 is 3.18 bits per heavy atom. The first-order valence-corrected chi connectivity index (χ1v) is 4.31. The summed E-state index contributed by atoms with van der Waals surface area (Å²) < 4.78 is 0. The van der Waals surface area contributed by atoms with Crippen LogP contribution >= 0.6 is 11.3 Å². The molecular formula is C7H6N2OS. The van der Waals surface area contributed by atoms with E-state index in [0.717, 1.165) is 5.69 Å². The molecule has 1 saturated carbocycles. The highest BCUT2D eigenvalue weighted by molar-refractivity contribution is 7.13. The second-order valence-corrected chi connectivity index (χ2v) is 3.37. The van der Waals surface area contributed by atoms with Crippen molar-refractivity contribution < 1.29 is 4.79 Å². The minimum absolute atomic E-state index is 0.530. The Labute approximate surface area is 67.8 Å². The number of nitrogens with zero attached hydrogens (tertiary/aromatic N) is 2. The van der Waals surface area contributed by atoms with Crippen molar-refractivity contribution in [3.05, 3.63) is 11.1 Å². The van der Waals surface area contributed by atoms with Crippen molar-refractivity contribution in [1.29, 1.82) is 0 Å². The van der Waals surface area contributed by atoms with Gasteiger partial charge in [0.05, 0.1) is 5.69 Å². The zero-order chi connectivity index (χ0) is 7.68. The van der Waals surface area contributed by atoms with Crippen molar-refractivity contribution in [1.82, 2.24) is 4.98 Å². The highest BCUT2D eigenvalue weighted by Gasteiger charge is 2.25. The molecule has 0 spiro atoms. The van der Waals surface area contributed by atoms with E-state index in [1.165, 1.54) is 30.3 Å². The molecule has 0 aliphatic heterocycles. The Hall–Kier alpha value is -0.990. The molecule has 56 valence electrons. The van der Waals surface area contributed by atoms with E-state index in [0.29, 0.717) is 11.0 Å². The molecule has 1 aliphatic rings. The van der Waals surface area contributed by atoms with Gasteiger partial charge < -0.3 is 0 Å². The number of hydrogen-bond donors (Lipinski definition) is 0. The zero-order valence-electron chi connectivity index (χ0n) is 5.78. The SMILES string of the molecule is O=C=Nc1nc(C2CC2)cs1. The Bertz CT molecular complexity index is 310. The number of aliphatic imine (C=N–C) groups is 1. The minimum atomic E-state index is 0.530. The predicted octanol–water partition coefficient (Wildman–Crippen LogP) is 1.99. The fourth-order valence-corrected chi connectivity index (χ4v) is 1.65. The summed E-state index contributed by atoms with van der Waals surface area (Å²) in [6.45, 7) is 0. The van der Waals surface area contributed by atoms with Crippen molar-refractivity contribution in [3.8, 4) is 0 Å². The highest BCUT2D eigenvalue weighted by atomic mass is 32.1. The first-order valence-electron chi connectivity index (χ1n) is 3.43. The molecule has 1 heterocycles.